The quantitative estimate of drug-likeness (QED) is 0.746. The third-order valence-electron chi connectivity index (χ3n) is 1.78. The van der Waals surface area contributed by atoms with Gasteiger partial charge in [-0.05, 0) is 0 Å². The summed E-state index contributed by atoms with van der Waals surface area (Å²) in [6.07, 6.45) is 1.58. The van der Waals surface area contributed by atoms with Gasteiger partial charge in [0, 0.05) is 20.0 Å². The van der Waals surface area contributed by atoms with Crippen molar-refractivity contribution >= 4 is 5.91 Å². The summed E-state index contributed by atoms with van der Waals surface area (Å²) in [4.78, 5) is 20.1. The number of aromatic amines is 1. The van der Waals surface area contributed by atoms with E-state index >= 15 is 0 Å². The number of carbonyl (C=O) groups is 1. The number of rotatable bonds is 2. The van der Waals surface area contributed by atoms with Crippen molar-refractivity contribution in [3.8, 4) is 0 Å². The molecule has 0 saturated heterocycles. The molecule has 13 heavy (non-hydrogen) atoms. The molecule has 0 bridgehead atoms. The number of hydrogen-bond donors (Lipinski definition) is 1. The third kappa shape index (κ3) is 2.08. The molecule has 72 valence electrons. The molecule has 1 amide bonds. The van der Waals surface area contributed by atoms with E-state index in [-0.39, 0.29) is 5.91 Å². The van der Waals surface area contributed by atoms with Gasteiger partial charge in [0.05, 0.1) is 6.20 Å². The molecule has 4 nitrogen and oxygen atoms in total. The average Bonchev–Trinajstić information content (AvgIpc) is 2.50. The van der Waals surface area contributed by atoms with Gasteiger partial charge in [0.25, 0.3) is 5.91 Å². The van der Waals surface area contributed by atoms with Gasteiger partial charge in [0.15, 0.2) is 0 Å². The SMILES string of the molecule is CC(C)c1ncc(C(=O)N(C)C)[nH]1. The molecule has 0 spiro atoms. The van der Waals surface area contributed by atoms with E-state index in [9.17, 15) is 4.79 Å². The zero-order valence-electron chi connectivity index (χ0n) is 8.46. The van der Waals surface area contributed by atoms with Gasteiger partial charge < -0.3 is 9.88 Å². The van der Waals surface area contributed by atoms with Gasteiger partial charge in [-0.15, -0.1) is 0 Å². The summed E-state index contributed by atoms with van der Waals surface area (Å²) in [7, 11) is 3.44. The van der Waals surface area contributed by atoms with Crippen molar-refractivity contribution in [1.29, 1.82) is 0 Å². The molecule has 1 rings (SSSR count). The van der Waals surface area contributed by atoms with Crippen LogP contribution in [0.1, 0.15) is 36.1 Å². The molecule has 0 saturated carbocycles. The molecule has 0 aromatic carbocycles. The lowest BCUT2D eigenvalue weighted by Crippen LogP contribution is -2.21. The number of nitrogens with zero attached hydrogens (tertiary/aromatic N) is 2. The van der Waals surface area contributed by atoms with Gasteiger partial charge in [-0.1, -0.05) is 13.8 Å². The number of imidazole rings is 1. The fourth-order valence-electron chi connectivity index (χ4n) is 0.980. The van der Waals surface area contributed by atoms with Crippen molar-refractivity contribution in [3.05, 3.63) is 17.7 Å². The molecule has 0 radical (unpaired) electrons. The highest BCUT2D eigenvalue weighted by atomic mass is 16.2. The van der Waals surface area contributed by atoms with E-state index in [1.165, 1.54) is 4.90 Å². The maximum absolute atomic E-state index is 11.4. The van der Waals surface area contributed by atoms with E-state index in [0.717, 1.165) is 5.82 Å². The monoisotopic (exact) mass is 181 g/mol. The molecular weight excluding hydrogens is 166 g/mol. The summed E-state index contributed by atoms with van der Waals surface area (Å²) in [6, 6.07) is 0. The highest BCUT2D eigenvalue weighted by Crippen LogP contribution is 2.10. The number of aromatic nitrogens is 2. The molecule has 0 fully saturated rings. The van der Waals surface area contributed by atoms with Crippen LogP contribution in [-0.2, 0) is 0 Å². The van der Waals surface area contributed by atoms with Crippen LogP contribution in [0.3, 0.4) is 0 Å². The first-order chi connectivity index (χ1) is 6.02. The summed E-state index contributed by atoms with van der Waals surface area (Å²) >= 11 is 0. The summed E-state index contributed by atoms with van der Waals surface area (Å²) in [5.41, 5.74) is 0.550. The Balaban J connectivity index is 2.86. The Morgan fingerprint density at radius 1 is 1.54 bits per heavy atom. The average molecular weight is 181 g/mol. The maximum Gasteiger partial charge on any atom is 0.271 e. The lowest BCUT2D eigenvalue weighted by molar-refractivity contribution is 0.0822. The molecule has 1 N–H and O–H groups in total. The smallest absolute Gasteiger partial charge is 0.271 e. The van der Waals surface area contributed by atoms with Crippen LogP contribution in [-0.4, -0.2) is 34.9 Å². The maximum atomic E-state index is 11.4. The second-order valence-corrected chi connectivity index (χ2v) is 3.54. The predicted octanol–water partition coefficient (Wildman–Crippen LogP) is 1.23. The van der Waals surface area contributed by atoms with Crippen LogP contribution < -0.4 is 0 Å². The Hall–Kier alpha value is -1.32. The molecule has 0 aliphatic heterocycles. The van der Waals surface area contributed by atoms with Crippen LogP contribution in [0.5, 0.6) is 0 Å². The Kier molecular flexibility index (Phi) is 2.70. The number of hydrogen-bond acceptors (Lipinski definition) is 2. The molecule has 1 aromatic rings. The Morgan fingerprint density at radius 3 is 2.54 bits per heavy atom. The molecule has 1 heterocycles. The van der Waals surface area contributed by atoms with Crippen LogP contribution in [0.15, 0.2) is 6.20 Å². The first-order valence-corrected chi connectivity index (χ1v) is 4.29. The van der Waals surface area contributed by atoms with Gasteiger partial charge in [-0.25, -0.2) is 4.98 Å². The van der Waals surface area contributed by atoms with Gasteiger partial charge in [-0.2, -0.15) is 0 Å². The van der Waals surface area contributed by atoms with Gasteiger partial charge in [0.1, 0.15) is 11.5 Å². The van der Waals surface area contributed by atoms with Crippen LogP contribution in [0.2, 0.25) is 0 Å². The van der Waals surface area contributed by atoms with Crippen molar-refractivity contribution in [2.24, 2.45) is 0 Å². The van der Waals surface area contributed by atoms with Crippen molar-refractivity contribution in [3.63, 3.8) is 0 Å². The largest absolute Gasteiger partial charge is 0.343 e. The van der Waals surface area contributed by atoms with Gasteiger partial charge in [-0.3, -0.25) is 4.79 Å². The fourth-order valence-corrected chi connectivity index (χ4v) is 0.980. The van der Waals surface area contributed by atoms with Gasteiger partial charge >= 0.3 is 0 Å². The standard InChI is InChI=1S/C9H15N3O/c1-6(2)8-10-5-7(11-8)9(13)12(3)4/h5-6H,1-4H3,(H,10,11). The number of H-pyrrole nitrogens is 1. The normalized spacial score (nSPS) is 10.5. The van der Waals surface area contributed by atoms with Crippen molar-refractivity contribution in [1.82, 2.24) is 14.9 Å². The molecule has 0 unspecified atom stereocenters. The van der Waals surface area contributed by atoms with E-state index in [4.69, 9.17) is 0 Å². The predicted molar refractivity (Wildman–Crippen MR) is 50.7 cm³/mol. The van der Waals surface area contributed by atoms with Gasteiger partial charge in [0.2, 0.25) is 0 Å². The first-order valence-electron chi connectivity index (χ1n) is 4.29. The fraction of sp³-hybridized carbons (Fsp3) is 0.556. The number of carbonyl (C=O) groups excluding carboxylic acids is 1. The molecular formula is C9H15N3O. The van der Waals surface area contributed by atoms with Crippen LogP contribution in [0.25, 0.3) is 0 Å². The second kappa shape index (κ2) is 3.60. The minimum absolute atomic E-state index is 0.0422. The van der Waals surface area contributed by atoms with E-state index in [1.54, 1.807) is 20.3 Å². The zero-order valence-corrected chi connectivity index (χ0v) is 8.46. The molecule has 4 heteroatoms. The Morgan fingerprint density at radius 2 is 2.15 bits per heavy atom. The van der Waals surface area contributed by atoms with E-state index < -0.39 is 0 Å². The van der Waals surface area contributed by atoms with Crippen molar-refractivity contribution in [2.45, 2.75) is 19.8 Å². The minimum Gasteiger partial charge on any atom is -0.343 e. The van der Waals surface area contributed by atoms with Crippen LogP contribution in [0, 0.1) is 0 Å². The van der Waals surface area contributed by atoms with Crippen molar-refractivity contribution < 1.29 is 4.79 Å². The first kappa shape index (κ1) is 9.77. The molecule has 0 aliphatic carbocycles. The number of nitrogens with one attached hydrogen (secondary N) is 1. The Labute approximate surface area is 78.0 Å². The third-order valence-corrected chi connectivity index (χ3v) is 1.78. The summed E-state index contributed by atoms with van der Waals surface area (Å²) in [5.74, 6) is 1.13. The van der Waals surface area contributed by atoms with Crippen LogP contribution >= 0.6 is 0 Å². The lowest BCUT2D eigenvalue weighted by atomic mass is 10.2. The molecule has 1 aromatic heterocycles. The highest BCUT2D eigenvalue weighted by molar-refractivity contribution is 5.91. The van der Waals surface area contributed by atoms with Crippen LogP contribution in [0.4, 0.5) is 0 Å². The summed E-state index contributed by atoms with van der Waals surface area (Å²) < 4.78 is 0. The lowest BCUT2D eigenvalue weighted by Gasteiger charge is -2.07. The Bertz CT molecular complexity index is 302. The highest BCUT2D eigenvalue weighted by Gasteiger charge is 2.12. The second-order valence-electron chi connectivity index (χ2n) is 3.54. The topological polar surface area (TPSA) is 49.0 Å². The van der Waals surface area contributed by atoms with E-state index in [2.05, 4.69) is 9.97 Å². The van der Waals surface area contributed by atoms with E-state index in [0.29, 0.717) is 11.6 Å². The van der Waals surface area contributed by atoms with E-state index in [1.807, 2.05) is 13.8 Å². The minimum atomic E-state index is -0.0422. The van der Waals surface area contributed by atoms with Crippen molar-refractivity contribution in [2.75, 3.05) is 14.1 Å². The summed E-state index contributed by atoms with van der Waals surface area (Å²) in [6.45, 7) is 4.06. The molecule has 0 aliphatic rings. The zero-order chi connectivity index (χ0) is 10.0. The summed E-state index contributed by atoms with van der Waals surface area (Å²) in [5, 5.41) is 0. The molecule has 0 atom stereocenters. The number of amides is 1.